The van der Waals surface area contributed by atoms with Crippen LogP contribution < -0.4 is 5.73 Å². The van der Waals surface area contributed by atoms with Crippen molar-refractivity contribution in [1.82, 2.24) is 0 Å². The maximum absolute atomic E-state index is 9.08. The van der Waals surface area contributed by atoms with E-state index in [1.807, 2.05) is 23.8 Å². The van der Waals surface area contributed by atoms with Crippen molar-refractivity contribution in [2.45, 2.75) is 4.90 Å². The van der Waals surface area contributed by atoms with E-state index in [1.165, 1.54) is 11.8 Å². The SMILES string of the molecule is CSc1c(N)cc2sccc2c1C#N. The van der Waals surface area contributed by atoms with Crippen LogP contribution in [0.3, 0.4) is 0 Å². The highest BCUT2D eigenvalue weighted by molar-refractivity contribution is 7.98. The summed E-state index contributed by atoms with van der Waals surface area (Å²) in [4.78, 5) is 0.887. The van der Waals surface area contributed by atoms with Gasteiger partial charge in [0.05, 0.1) is 5.56 Å². The lowest BCUT2D eigenvalue weighted by atomic mass is 10.1. The normalized spacial score (nSPS) is 10.3. The van der Waals surface area contributed by atoms with Gasteiger partial charge in [0.25, 0.3) is 0 Å². The van der Waals surface area contributed by atoms with Gasteiger partial charge in [-0.1, -0.05) is 0 Å². The van der Waals surface area contributed by atoms with Crippen LogP contribution in [-0.4, -0.2) is 6.26 Å². The molecule has 0 spiro atoms. The number of thiophene rings is 1. The summed E-state index contributed by atoms with van der Waals surface area (Å²) in [5.74, 6) is 0. The third-order valence-electron chi connectivity index (χ3n) is 2.06. The summed E-state index contributed by atoms with van der Waals surface area (Å²) in [7, 11) is 0. The first-order chi connectivity index (χ1) is 6.77. The van der Waals surface area contributed by atoms with Crippen LogP contribution in [0.25, 0.3) is 10.1 Å². The standard InChI is InChI=1S/C10H8N2S2/c1-13-10-7(5-11)6-2-3-14-9(6)4-8(10)12/h2-4H,12H2,1H3. The Morgan fingerprint density at radius 2 is 2.36 bits per heavy atom. The number of benzene rings is 1. The lowest BCUT2D eigenvalue weighted by molar-refractivity contribution is 1.41. The second kappa shape index (κ2) is 3.52. The molecule has 0 bridgehead atoms. The molecule has 1 heterocycles. The van der Waals surface area contributed by atoms with Crippen LogP contribution in [0.4, 0.5) is 5.69 Å². The van der Waals surface area contributed by atoms with Crippen molar-refractivity contribution in [3.63, 3.8) is 0 Å². The van der Waals surface area contributed by atoms with E-state index < -0.39 is 0 Å². The maximum Gasteiger partial charge on any atom is 0.101 e. The average Bonchev–Trinajstić information content (AvgIpc) is 2.62. The number of nitrogens with two attached hydrogens (primary N) is 1. The number of thioether (sulfide) groups is 1. The predicted octanol–water partition coefficient (Wildman–Crippen LogP) is 3.08. The molecule has 0 amide bonds. The lowest BCUT2D eigenvalue weighted by Crippen LogP contribution is -1.91. The highest BCUT2D eigenvalue weighted by Gasteiger charge is 2.11. The van der Waals surface area contributed by atoms with Gasteiger partial charge in [0.1, 0.15) is 6.07 Å². The molecule has 4 heteroatoms. The second-order valence-electron chi connectivity index (χ2n) is 2.82. The molecule has 0 aliphatic rings. The number of hydrogen-bond acceptors (Lipinski definition) is 4. The molecule has 70 valence electrons. The molecule has 2 N–H and O–H groups in total. The Morgan fingerprint density at radius 3 is 3.00 bits per heavy atom. The fraction of sp³-hybridized carbons (Fsp3) is 0.100. The average molecular weight is 220 g/mol. The summed E-state index contributed by atoms with van der Waals surface area (Å²) in [6.45, 7) is 0. The molecule has 0 saturated carbocycles. The molecule has 0 aliphatic carbocycles. The van der Waals surface area contributed by atoms with E-state index in [4.69, 9.17) is 11.0 Å². The minimum absolute atomic E-state index is 0.698. The van der Waals surface area contributed by atoms with Crippen LogP contribution in [0, 0.1) is 11.3 Å². The number of rotatable bonds is 1. The van der Waals surface area contributed by atoms with Gasteiger partial charge in [0.2, 0.25) is 0 Å². The fourth-order valence-corrected chi connectivity index (χ4v) is 2.94. The first-order valence-electron chi connectivity index (χ1n) is 4.01. The predicted molar refractivity (Wildman–Crippen MR) is 62.7 cm³/mol. The maximum atomic E-state index is 9.08. The van der Waals surface area contributed by atoms with Gasteiger partial charge >= 0.3 is 0 Å². The van der Waals surface area contributed by atoms with E-state index in [-0.39, 0.29) is 0 Å². The van der Waals surface area contributed by atoms with E-state index in [0.29, 0.717) is 11.3 Å². The molecule has 0 fully saturated rings. The van der Waals surface area contributed by atoms with Crippen molar-refractivity contribution in [3.8, 4) is 6.07 Å². The molecule has 1 aromatic carbocycles. The number of fused-ring (bicyclic) bond motifs is 1. The molecular formula is C10H8N2S2. The van der Waals surface area contributed by atoms with E-state index in [9.17, 15) is 0 Å². The molecule has 0 radical (unpaired) electrons. The van der Waals surface area contributed by atoms with E-state index in [0.717, 1.165) is 15.0 Å². The molecule has 2 aromatic rings. The molecular weight excluding hydrogens is 212 g/mol. The third kappa shape index (κ3) is 1.26. The van der Waals surface area contributed by atoms with E-state index in [1.54, 1.807) is 11.3 Å². The van der Waals surface area contributed by atoms with Gasteiger partial charge < -0.3 is 5.73 Å². The van der Waals surface area contributed by atoms with Gasteiger partial charge in [-0.15, -0.1) is 23.1 Å². The second-order valence-corrected chi connectivity index (χ2v) is 4.58. The molecule has 2 rings (SSSR count). The van der Waals surface area contributed by atoms with Crippen LogP contribution >= 0.6 is 23.1 Å². The number of nitrogens with zero attached hydrogens (tertiary/aromatic N) is 1. The number of hydrogen-bond donors (Lipinski definition) is 1. The number of nitrogen functional groups attached to an aromatic ring is 1. The molecule has 2 nitrogen and oxygen atoms in total. The van der Waals surface area contributed by atoms with Gasteiger partial charge in [-0.05, 0) is 23.8 Å². The summed E-state index contributed by atoms with van der Waals surface area (Å²) in [5, 5.41) is 12.1. The summed E-state index contributed by atoms with van der Waals surface area (Å²) in [5.41, 5.74) is 7.27. The Kier molecular flexibility index (Phi) is 2.36. The molecule has 0 aliphatic heterocycles. The number of anilines is 1. The zero-order valence-electron chi connectivity index (χ0n) is 7.57. The van der Waals surface area contributed by atoms with Crippen molar-refractivity contribution in [2.75, 3.05) is 12.0 Å². The molecule has 1 aromatic heterocycles. The lowest BCUT2D eigenvalue weighted by Gasteiger charge is -2.05. The van der Waals surface area contributed by atoms with Crippen molar-refractivity contribution < 1.29 is 0 Å². The highest BCUT2D eigenvalue weighted by Crippen LogP contribution is 2.35. The zero-order valence-corrected chi connectivity index (χ0v) is 9.21. The first kappa shape index (κ1) is 9.38. The highest BCUT2D eigenvalue weighted by atomic mass is 32.2. The van der Waals surface area contributed by atoms with Crippen LogP contribution in [0.5, 0.6) is 0 Å². The van der Waals surface area contributed by atoms with E-state index in [2.05, 4.69) is 6.07 Å². The Balaban J connectivity index is 2.91. The van der Waals surface area contributed by atoms with Crippen molar-refractivity contribution >= 4 is 38.9 Å². The van der Waals surface area contributed by atoms with Crippen molar-refractivity contribution in [2.24, 2.45) is 0 Å². The minimum atomic E-state index is 0.698. The molecule has 0 unspecified atom stereocenters. The van der Waals surface area contributed by atoms with Crippen molar-refractivity contribution in [3.05, 3.63) is 23.1 Å². The summed E-state index contributed by atoms with van der Waals surface area (Å²) < 4.78 is 1.08. The molecule has 0 atom stereocenters. The van der Waals surface area contributed by atoms with Crippen LogP contribution in [-0.2, 0) is 0 Å². The number of nitriles is 1. The van der Waals surface area contributed by atoms with Gasteiger partial charge in [0.15, 0.2) is 0 Å². The fourth-order valence-electron chi connectivity index (χ4n) is 1.44. The Morgan fingerprint density at radius 1 is 1.57 bits per heavy atom. The van der Waals surface area contributed by atoms with Gasteiger partial charge in [-0.25, -0.2) is 0 Å². The molecule has 14 heavy (non-hydrogen) atoms. The van der Waals surface area contributed by atoms with Crippen LogP contribution in [0.1, 0.15) is 5.56 Å². The molecule has 0 saturated heterocycles. The summed E-state index contributed by atoms with van der Waals surface area (Å²) in [6, 6.07) is 6.13. The van der Waals surface area contributed by atoms with Gasteiger partial charge in [-0.3, -0.25) is 0 Å². The van der Waals surface area contributed by atoms with E-state index >= 15 is 0 Å². The van der Waals surface area contributed by atoms with Crippen LogP contribution in [0.2, 0.25) is 0 Å². The summed E-state index contributed by atoms with van der Waals surface area (Å²) in [6.07, 6.45) is 1.94. The Labute approximate surface area is 90.3 Å². The van der Waals surface area contributed by atoms with Gasteiger partial charge in [-0.2, -0.15) is 5.26 Å². The Bertz CT molecular complexity index is 523. The van der Waals surface area contributed by atoms with Crippen LogP contribution in [0.15, 0.2) is 22.4 Å². The monoisotopic (exact) mass is 220 g/mol. The third-order valence-corrected chi connectivity index (χ3v) is 3.77. The quantitative estimate of drug-likeness (QED) is 0.593. The topological polar surface area (TPSA) is 49.8 Å². The summed E-state index contributed by atoms with van der Waals surface area (Å²) >= 11 is 3.13. The van der Waals surface area contributed by atoms with Gasteiger partial charge in [0, 0.05) is 20.7 Å². The smallest absolute Gasteiger partial charge is 0.101 e. The first-order valence-corrected chi connectivity index (χ1v) is 6.12. The zero-order chi connectivity index (χ0) is 10.1. The minimum Gasteiger partial charge on any atom is -0.398 e. The van der Waals surface area contributed by atoms with Crippen molar-refractivity contribution in [1.29, 1.82) is 5.26 Å². The largest absolute Gasteiger partial charge is 0.398 e. The Hall–Kier alpha value is -1.18.